The summed E-state index contributed by atoms with van der Waals surface area (Å²) < 4.78 is 36.8. The Morgan fingerprint density at radius 2 is 0.872 bits per heavy atom. The number of aliphatic carboxylic acids is 1. The van der Waals surface area contributed by atoms with E-state index in [9.17, 15) is 48.3 Å². The third-order valence-electron chi connectivity index (χ3n) is 16.1. The first kappa shape index (κ1) is 86.2. The van der Waals surface area contributed by atoms with Gasteiger partial charge in [0, 0.05) is 89.8 Å². The number of halogens is 4. The molecule has 6 aliphatic rings. The van der Waals surface area contributed by atoms with Crippen molar-refractivity contribution in [3.8, 4) is 0 Å². The summed E-state index contributed by atoms with van der Waals surface area (Å²) in [6.45, 7) is 21.3. The van der Waals surface area contributed by atoms with Crippen LogP contribution in [0.25, 0.3) is 0 Å². The van der Waals surface area contributed by atoms with Crippen molar-refractivity contribution in [3.63, 3.8) is 0 Å². The van der Waals surface area contributed by atoms with Crippen molar-refractivity contribution < 1.29 is 119 Å². The Morgan fingerprint density at radius 1 is 0.570 bits per heavy atom. The number of nitrogens with zero attached hydrogens (tertiary/aromatic N) is 1. The second kappa shape index (κ2) is 42.3. The third kappa shape index (κ3) is 23.7. The molecular formula is C59H90I4N4O17V2-2. The number of carbonyl (C=O) groups excluding carboxylic acids is 8. The van der Waals surface area contributed by atoms with Crippen molar-refractivity contribution in [2.24, 2.45) is 53.3 Å². The summed E-state index contributed by atoms with van der Waals surface area (Å²) in [5, 5.41) is 17.7. The third-order valence-corrected chi connectivity index (χ3v) is 16.1. The molecule has 6 aliphatic carbocycles. The molecule has 488 valence electrons. The molecule has 0 aromatic rings. The number of hydrogen-bond acceptors (Lipinski definition) is 16. The maximum atomic E-state index is 13.2. The van der Waals surface area contributed by atoms with E-state index in [1.807, 2.05) is 28.7 Å². The Balaban J connectivity index is 0. The number of ether oxygens (including phenoxy) is 7. The van der Waals surface area contributed by atoms with E-state index in [1.54, 1.807) is 65.2 Å². The first-order valence-electron chi connectivity index (χ1n) is 27.7. The molecule has 4 amide bonds. The molecule has 0 unspecified atom stereocenters. The summed E-state index contributed by atoms with van der Waals surface area (Å²) in [7, 11) is 7.72. The minimum absolute atomic E-state index is 0. The average Bonchev–Trinajstić information content (AvgIpc) is 4.54. The topological polar surface area (TPSA) is 278 Å². The van der Waals surface area contributed by atoms with E-state index in [0.29, 0.717) is 64.3 Å². The van der Waals surface area contributed by atoms with Gasteiger partial charge in [-0.25, -0.2) is 14.4 Å². The maximum absolute atomic E-state index is 13.2. The molecule has 15 atom stereocenters. The Labute approximate surface area is 588 Å². The molecule has 86 heavy (non-hydrogen) atoms. The minimum atomic E-state index is -1.09. The van der Waals surface area contributed by atoms with Gasteiger partial charge in [-0.3, -0.25) is 33.7 Å². The predicted molar refractivity (Wildman–Crippen MR) is 351 cm³/mol. The van der Waals surface area contributed by atoms with Crippen LogP contribution in [0.3, 0.4) is 0 Å². The number of nitrogens with one attached hydrogen (secondary N) is 3. The Morgan fingerprint density at radius 3 is 1.15 bits per heavy atom. The van der Waals surface area contributed by atoms with Gasteiger partial charge in [-0.2, -0.15) is 0 Å². The van der Waals surface area contributed by atoms with E-state index in [1.165, 1.54) is 14.2 Å². The normalized spacial score (nSPS) is 29.9. The maximum Gasteiger partial charge on any atom is 0.332 e. The summed E-state index contributed by atoms with van der Waals surface area (Å²) in [6.07, 6.45) is 12.8. The number of carboxylic acids is 1. The molecule has 0 aromatic heterocycles. The van der Waals surface area contributed by atoms with Crippen LogP contribution in [-0.4, -0.2) is 160 Å². The number of unbranched alkanes of at least 4 members (excludes halogenated alkanes) is 2. The smallest absolute Gasteiger partial charge is 0.332 e. The van der Waals surface area contributed by atoms with E-state index >= 15 is 0 Å². The van der Waals surface area contributed by atoms with E-state index in [0.717, 1.165) is 19.2 Å². The van der Waals surface area contributed by atoms with Crippen LogP contribution in [0.4, 0.5) is 0 Å². The van der Waals surface area contributed by atoms with E-state index in [-0.39, 0.29) is 118 Å². The molecule has 4 N–H and O–H groups in total. The number of carboxylic acid groups (broad SMARTS) is 1. The fourth-order valence-electron chi connectivity index (χ4n) is 11.1. The molecule has 0 aliphatic heterocycles. The van der Waals surface area contributed by atoms with Crippen LogP contribution in [0.15, 0.2) is 50.6 Å². The second-order valence-electron chi connectivity index (χ2n) is 21.0. The molecule has 6 saturated carbocycles. The summed E-state index contributed by atoms with van der Waals surface area (Å²) in [5.41, 5.74) is -3.20. The van der Waals surface area contributed by atoms with Gasteiger partial charge in [0.25, 0.3) is 0 Å². The molecule has 0 heterocycles. The fourth-order valence-corrected chi connectivity index (χ4v) is 11.1. The van der Waals surface area contributed by atoms with Crippen molar-refractivity contribution in [3.05, 3.63) is 63.0 Å². The quantitative estimate of drug-likeness (QED) is 0.0121. The number of amides is 4. The first-order chi connectivity index (χ1) is 39.4. The first-order valence-corrected chi connectivity index (χ1v) is 32.9. The molecule has 6 rings (SSSR count). The molecule has 27 heteroatoms. The molecule has 6 fully saturated rings. The van der Waals surface area contributed by atoms with Crippen molar-refractivity contribution in [1.29, 1.82) is 0 Å². The zero-order valence-corrected chi connectivity index (χ0v) is 62.4. The number of allylic oxidation sites excluding steroid dienone is 1. The number of alkyl halides is 3. The van der Waals surface area contributed by atoms with Gasteiger partial charge in [0.2, 0.25) is 23.6 Å². The second-order valence-corrected chi connectivity index (χ2v) is 31.8. The molecule has 0 aromatic carbocycles. The van der Waals surface area contributed by atoms with Gasteiger partial charge < -0.3 is 89.1 Å². The molecule has 0 spiro atoms. The molecule has 0 bridgehead atoms. The van der Waals surface area contributed by atoms with Gasteiger partial charge in [0.05, 0.1) is 80.7 Å². The van der Waals surface area contributed by atoms with Crippen molar-refractivity contribution in [2.75, 3.05) is 61.9 Å². The van der Waals surface area contributed by atoms with Gasteiger partial charge in [-0.15, -0.1) is 26.3 Å². The SMILES string of the molecule is C=CCCCCN(C)C(=O)[C@@H]1C[C@H](OC)C[C@H]1C(=O)N[C@]1(C(=O)OCC)C[C@H]1C=C.C=C[C@@H]1C[C@]1(NC(=O)[C@@H]1C[C@@H](OC)C[C@H]1C(=O)O)C(=O)OCC.C=C[C@@H]1C[C@]1(NC(=O)[C@@H]1C[C@@H](OC)C[C@H]1C(=O)OC)C(=O)OCC.IC(I)I.[CH2-]I.[CH3-].[V].[V]. The van der Waals surface area contributed by atoms with Crippen LogP contribution in [0.5, 0.6) is 0 Å². The standard InChI is InChI=1S/C23H36N2O5.C17H25NO6.C16H23NO6.CHI3.CH2I.CH3.2V/c1-6-9-10-11-12-25(4)21(27)19-14-17(29-5)13-18(19)20(26)24-23(15-16(23)7-2)22(28)30-8-3;1-5-10-9-17(10,16(21)24-6-2)18-14(19)12-7-11(22-3)8-13(12)15(20)23-4;1-4-9-8-16(9,15(21)23-5-2)17-13(18)11-6-10(22-3)7-12(11)14(19)20;2-1(3)4;1-2;;;/h6-7,16-19H,1-2,8-15H2,3-5H3,(H,24,26);5,10-13H,1,6-9H2,2-4H3,(H,18,19);4,9-12H,1,5-8H2,2-3H3,(H,17,18)(H,19,20);1H;1H2;1H3;;/q;;;;2*-1;;/t16-,17-,18-,19-,23-;10-,11-,12-,13-,17-;9-,10-,11-,12-,16-;;;;;/m111...../s1. The Bertz CT molecular complexity index is 2270. The van der Waals surface area contributed by atoms with Gasteiger partial charge in [0.15, 0.2) is 0 Å². The largest absolute Gasteiger partial charge is 0.481 e. The Hall–Kier alpha value is -1.84. The molecule has 21 nitrogen and oxygen atoms in total. The number of carbonyl (C=O) groups is 9. The van der Waals surface area contributed by atoms with Crippen LogP contribution >= 0.6 is 90.4 Å². The molecule has 2 radical (unpaired) electrons. The average molecular weight is 1740 g/mol. The van der Waals surface area contributed by atoms with Crippen LogP contribution in [0.1, 0.15) is 97.8 Å². The zero-order chi connectivity index (χ0) is 63.0. The van der Waals surface area contributed by atoms with Gasteiger partial charge >= 0.3 is 29.8 Å². The zero-order valence-electron chi connectivity index (χ0n) is 51.0. The van der Waals surface area contributed by atoms with Gasteiger partial charge in [-0.1, -0.05) is 92.1 Å². The summed E-state index contributed by atoms with van der Waals surface area (Å²) >= 11 is 8.85. The summed E-state index contributed by atoms with van der Waals surface area (Å²) in [4.78, 5) is 117. The number of esters is 4. The monoisotopic (exact) mass is 1740 g/mol. The van der Waals surface area contributed by atoms with Gasteiger partial charge in [0.1, 0.15) is 16.6 Å². The fraction of sp³-hybridized carbons (Fsp3) is 0.678. The molecular weight excluding hydrogens is 1650 g/mol. The van der Waals surface area contributed by atoms with Crippen molar-refractivity contribution in [2.45, 2.75) is 133 Å². The van der Waals surface area contributed by atoms with Crippen LogP contribution < -0.4 is 16.0 Å². The van der Waals surface area contributed by atoms with Crippen molar-refractivity contribution in [1.82, 2.24) is 20.9 Å². The van der Waals surface area contributed by atoms with Crippen LogP contribution in [0.2, 0.25) is 0 Å². The van der Waals surface area contributed by atoms with E-state index < -0.39 is 87.9 Å². The van der Waals surface area contributed by atoms with Crippen LogP contribution in [-0.2, 0) is 113 Å². The number of methoxy groups -OCH3 is 4. The van der Waals surface area contributed by atoms with E-state index in [2.05, 4.69) is 115 Å². The predicted octanol–water partition coefficient (Wildman–Crippen LogP) is 8.26. The molecule has 0 saturated heterocycles. The summed E-state index contributed by atoms with van der Waals surface area (Å²) in [5.74, 6) is -8.12. The summed E-state index contributed by atoms with van der Waals surface area (Å²) in [6, 6.07) is 0. The van der Waals surface area contributed by atoms with Crippen LogP contribution in [0, 0.1) is 65.6 Å². The minimum Gasteiger partial charge on any atom is -0.481 e. The van der Waals surface area contributed by atoms with E-state index in [4.69, 9.17) is 33.2 Å². The number of rotatable bonds is 26. The Kier molecular flexibility index (Phi) is 42.4. The van der Waals surface area contributed by atoms with Gasteiger partial charge in [-0.05, 0) is 97.8 Å². The van der Waals surface area contributed by atoms with Crippen molar-refractivity contribution >= 4 is 144 Å². The number of hydrogen-bond donors (Lipinski definition) is 4.